The van der Waals surface area contributed by atoms with Crippen LogP contribution in [0.15, 0.2) is 24.4 Å². The van der Waals surface area contributed by atoms with E-state index in [4.69, 9.17) is 4.74 Å². The van der Waals surface area contributed by atoms with E-state index in [2.05, 4.69) is 22.1 Å². The highest BCUT2D eigenvalue weighted by Gasteiger charge is 2.18. The maximum absolute atomic E-state index is 5.70. The van der Waals surface area contributed by atoms with Crippen molar-refractivity contribution in [1.29, 1.82) is 0 Å². The zero-order valence-electron chi connectivity index (χ0n) is 9.72. The van der Waals surface area contributed by atoms with Gasteiger partial charge < -0.3 is 10.1 Å². The smallest absolute Gasteiger partial charge is 0.125 e. The van der Waals surface area contributed by atoms with E-state index in [1.54, 1.807) is 6.20 Å². The van der Waals surface area contributed by atoms with Gasteiger partial charge in [-0.15, -0.1) is 0 Å². The van der Waals surface area contributed by atoms with E-state index in [0.29, 0.717) is 0 Å². The number of morpholine rings is 1. The van der Waals surface area contributed by atoms with Crippen LogP contribution in [0.25, 0.3) is 0 Å². The van der Waals surface area contributed by atoms with Crippen molar-refractivity contribution in [2.45, 2.75) is 13.0 Å². The first-order valence-electron chi connectivity index (χ1n) is 5.87. The first kappa shape index (κ1) is 11.4. The minimum absolute atomic E-state index is 0.274. The quantitative estimate of drug-likeness (QED) is 0.829. The predicted molar refractivity (Wildman–Crippen MR) is 64.6 cm³/mol. The second kappa shape index (κ2) is 5.82. The Labute approximate surface area is 96.6 Å². The van der Waals surface area contributed by atoms with E-state index < -0.39 is 0 Å². The highest BCUT2D eigenvalue weighted by Crippen LogP contribution is 2.06. The normalized spacial score (nSPS) is 21.9. The number of hydrogen-bond acceptors (Lipinski definition) is 4. The van der Waals surface area contributed by atoms with Crippen molar-refractivity contribution in [3.05, 3.63) is 24.4 Å². The number of likely N-dealkylation sites (N-methyl/N-ethyl adjacent to an activating group) is 1. The summed E-state index contributed by atoms with van der Waals surface area (Å²) in [7, 11) is 0. The highest BCUT2D eigenvalue weighted by atomic mass is 16.5. The third-order valence-corrected chi connectivity index (χ3v) is 2.85. The topological polar surface area (TPSA) is 37.4 Å². The summed E-state index contributed by atoms with van der Waals surface area (Å²) in [6.07, 6.45) is 2.07. The third kappa shape index (κ3) is 3.18. The zero-order chi connectivity index (χ0) is 11.2. The molecule has 0 aromatic carbocycles. The zero-order valence-corrected chi connectivity index (χ0v) is 9.72. The Morgan fingerprint density at radius 1 is 1.56 bits per heavy atom. The first-order chi connectivity index (χ1) is 7.88. The maximum atomic E-state index is 5.70. The lowest BCUT2D eigenvalue weighted by Gasteiger charge is -2.32. The van der Waals surface area contributed by atoms with Crippen molar-refractivity contribution >= 4 is 5.82 Å². The van der Waals surface area contributed by atoms with Crippen LogP contribution in [-0.2, 0) is 4.74 Å². The van der Waals surface area contributed by atoms with Crippen molar-refractivity contribution in [1.82, 2.24) is 9.88 Å². The van der Waals surface area contributed by atoms with Gasteiger partial charge in [0.05, 0.1) is 12.7 Å². The molecule has 0 saturated carbocycles. The Hall–Kier alpha value is -1.13. The Balaban J connectivity index is 1.77. The molecular weight excluding hydrogens is 202 g/mol. The van der Waals surface area contributed by atoms with E-state index in [1.807, 2.05) is 18.2 Å². The van der Waals surface area contributed by atoms with E-state index >= 15 is 0 Å². The molecule has 0 bridgehead atoms. The number of anilines is 1. The SMILES string of the molecule is CCN1CCOC(CNc2ccccn2)C1. The minimum atomic E-state index is 0.274. The summed E-state index contributed by atoms with van der Waals surface area (Å²) in [6, 6.07) is 5.87. The fourth-order valence-electron chi connectivity index (χ4n) is 1.88. The number of pyridine rings is 1. The van der Waals surface area contributed by atoms with Gasteiger partial charge in [0.15, 0.2) is 0 Å². The molecule has 4 heteroatoms. The number of nitrogens with zero attached hydrogens (tertiary/aromatic N) is 2. The monoisotopic (exact) mass is 221 g/mol. The first-order valence-corrected chi connectivity index (χ1v) is 5.87. The molecule has 0 amide bonds. The molecule has 0 radical (unpaired) electrons. The van der Waals surface area contributed by atoms with Crippen LogP contribution in [0.4, 0.5) is 5.82 Å². The molecule has 2 heterocycles. The van der Waals surface area contributed by atoms with Gasteiger partial charge in [0.2, 0.25) is 0 Å². The highest BCUT2D eigenvalue weighted by molar-refractivity contribution is 5.33. The second-order valence-electron chi connectivity index (χ2n) is 3.98. The predicted octanol–water partition coefficient (Wildman–Crippen LogP) is 1.21. The van der Waals surface area contributed by atoms with Gasteiger partial charge in [0, 0.05) is 25.8 Å². The average Bonchev–Trinajstić information content (AvgIpc) is 2.38. The molecule has 0 aliphatic carbocycles. The molecule has 16 heavy (non-hydrogen) atoms. The van der Waals surface area contributed by atoms with Crippen molar-refractivity contribution in [3.63, 3.8) is 0 Å². The molecule has 2 rings (SSSR count). The molecule has 1 aromatic heterocycles. The van der Waals surface area contributed by atoms with Crippen LogP contribution in [0.1, 0.15) is 6.92 Å². The molecule has 88 valence electrons. The van der Waals surface area contributed by atoms with Crippen LogP contribution in [0.5, 0.6) is 0 Å². The number of ether oxygens (including phenoxy) is 1. The van der Waals surface area contributed by atoms with Crippen LogP contribution < -0.4 is 5.32 Å². The summed E-state index contributed by atoms with van der Waals surface area (Å²) >= 11 is 0. The van der Waals surface area contributed by atoms with Gasteiger partial charge in [-0.2, -0.15) is 0 Å². The Kier molecular flexibility index (Phi) is 4.13. The molecule has 1 aliphatic heterocycles. The number of nitrogens with one attached hydrogen (secondary N) is 1. The maximum Gasteiger partial charge on any atom is 0.125 e. The lowest BCUT2D eigenvalue weighted by molar-refractivity contribution is -0.0192. The van der Waals surface area contributed by atoms with Crippen LogP contribution in [0.3, 0.4) is 0 Å². The van der Waals surface area contributed by atoms with Crippen LogP contribution >= 0.6 is 0 Å². The standard InChI is InChI=1S/C12H19N3O/c1-2-15-7-8-16-11(10-15)9-14-12-5-3-4-6-13-12/h3-6,11H,2,7-10H2,1H3,(H,13,14). The molecule has 1 aromatic rings. The Bertz CT molecular complexity index is 304. The Morgan fingerprint density at radius 2 is 2.50 bits per heavy atom. The number of hydrogen-bond donors (Lipinski definition) is 1. The van der Waals surface area contributed by atoms with Crippen molar-refractivity contribution in [2.24, 2.45) is 0 Å². The second-order valence-corrected chi connectivity index (χ2v) is 3.98. The van der Waals surface area contributed by atoms with Gasteiger partial charge in [0.25, 0.3) is 0 Å². The number of aromatic nitrogens is 1. The summed E-state index contributed by atoms with van der Waals surface area (Å²) in [5, 5.41) is 3.30. The van der Waals surface area contributed by atoms with Crippen LogP contribution in [-0.4, -0.2) is 48.8 Å². The average molecular weight is 221 g/mol. The molecule has 1 aliphatic rings. The fourth-order valence-corrected chi connectivity index (χ4v) is 1.88. The van der Waals surface area contributed by atoms with E-state index in [9.17, 15) is 0 Å². The summed E-state index contributed by atoms with van der Waals surface area (Å²) < 4.78 is 5.70. The molecule has 4 nitrogen and oxygen atoms in total. The van der Waals surface area contributed by atoms with E-state index in [-0.39, 0.29) is 6.10 Å². The van der Waals surface area contributed by atoms with Gasteiger partial charge in [-0.3, -0.25) is 4.90 Å². The lowest BCUT2D eigenvalue weighted by atomic mass is 10.2. The van der Waals surface area contributed by atoms with Gasteiger partial charge in [-0.1, -0.05) is 13.0 Å². The molecular formula is C12H19N3O. The van der Waals surface area contributed by atoms with E-state index in [1.165, 1.54) is 0 Å². The van der Waals surface area contributed by atoms with Gasteiger partial charge in [-0.05, 0) is 18.7 Å². The van der Waals surface area contributed by atoms with Crippen molar-refractivity contribution < 1.29 is 4.74 Å². The van der Waals surface area contributed by atoms with E-state index in [0.717, 1.165) is 38.6 Å². The fraction of sp³-hybridized carbons (Fsp3) is 0.583. The Morgan fingerprint density at radius 3 is 3.25 bits per heavy atom. The molecule has 1 N–H and O–H groups in total. The van der Waals surface area contributed by atoms with Gasteiger partial charge in [0.1, 0.15) is 5.82 Å². The summed E-state index contributed by atoms with van der Waals surface area (Å²) in [6.45, 7) is 7.01. The van der Waals surface area contributed by atoms with Crippen molar-refractivity contribution in [2.75, 3.05) is 38.1 Å². The third-order valence-electron chi connectivity index (χ3n) is 2.85. The minimum Gasteiger partial charge on any atom is -0.374 e. The lowest BCUT2D eigenvalue weighted by Crippen LogP contribution is -2.45. The molecule has 1 atom stereocenters. The largest absolute Gasteiger partial charge is 0.374 e. The summed E-state index contributed by atoms with van der Waals surface area (Å²) in [5.74, 6) is 0.916. The molecule has 1 fully saturated rings. The molecule has 1 saturated heterocycles. The number of rotatable bonds is 4. The van der Waals surface area contributed by atoms with Crippen LogP contribution in [0, 0.1) is 0 Å². The molecule has 0 spiro atoms. The van der Waals surface area contributed by atoms with Crippen molar-refractivity contribution in [3.8, 4) is 0 Å². The van der Waals surface area contributed by atoms with Gasteiger partial charge >= 0.3 is 0 Å². The summed E-state index contributed by atoms with van der Waals surface area (Å²) in [4.78, 5) is 6.63. The molecule has 1 unspecified atom stereocenters. The van der Waals surface area contributed by atoms with Gasteiger partial charge in [-0.25, -0.2) is 4.98 Å². The summed E-state index contributed by atoms with van der Waals surface area (Å²) in [5.41, 5.74) is 0. The van der Waals surface area contributed by atoms with Crippen LogP contribution in [0.2, 0.25) is 0 Å².